The zero-order valence-corrected chi connectivity index (χ0v) is 89.4. The van der Waals surface area contributed by atoms with Gasteiger partial charge in [-0.05, 0) is 90.5 Å². The Bertz CT molecular complexity index is 5120. The molecule has 0 amide bonds. The molecule has 33 nitrogen and oxygen atoms in total. The minimum atomic E-state index is -2.68. The maximum Gasteiger partial charge on any atom is 0.321 e. The van der Waals surface area contributed by atoms with Crippen LogP contribution in [-0.4, -0.2) is 299 Å². The van der Waals surface area contributed by atoms with E-state index < -0.39 is 251 Å². The summed E-state index contributed by atoms with van der Waals surface area (Å²) in [7, 11) is 2.86. The van der Waals surface area contributed by atoms with Crippen molar-refractivity contribution in [2.24, 2.45) is 0 Å². The van der Waals surface area contributed by atoms with Crippen LogP contribution in [-0.2, 0) is 202 Å². The van der Waals surface area contributed by atoms with E-state index in [1.807, 2.05) is 219 Å². The third kappa shape index (κ3) is 29.0. The summed E-state index contributed by atoms with van der Waals surface area (Å²) in [6.45, 7) is 17.3. The van der Waals surface area contributed by atoms with Crippen LogP contribution in [0.5, 0.6) is 0 Å². The molecule has 7 aromatic rings. The van der Waals surface area contributed by atoms with E-state index in [1.54, 1.807) is 27.7 Å². The molecule has 0 aliphatic carbocycles. The number of alkyl halides is 4. The van der Waals surface area contributed by atoms with Crippen LogP contribution in [0.3, 0.4) is 0 Å². The average molecular weight is 2150 g/mol. The molecule has 39 heteroatoms. The van der Waals surface area contributed by atoms with Gasteiger partial charge in [0.15, 0.2) is 51.8 Å². The molecule has 0 saturated carbocycles. The molecule has 0 radical (unpaired) electrons. The molecule has 146 heavy (non-hydrogen) atoms. The van der Waals surface area contributed by atoms with E-state index in [9.17, 15) is 19.2 Å². The summed E-state index contributed by atoms with van der Waals surface area (Å²) >= 11 is 26.9. The molecule has 0 N–H and O–H groups in total. The molecule has 800 valence electrons. The number of thioether (sulfide) groups is 1. The highest BCUT2D eigenvalue weighted by molar-refractivity contribution is 7.99. The van der Waals surface area contributed by atoms with Crippen molar-refractivity contribution in [2.75, 3.05) is 90.7 Å². The highest BCUT2D eigenvalue weighted by Gasteiger charge is 2.68. The fraction of sp³-hybridized carbons (Fsp3) is 0.570. The van der Waals surface area contributed by atoms with Gasteiger partial charge < -0.3 is 137 Å². The molecule has 7 aliphatic heterocycles. The van der Waals surface area contributed by atoms with E-state index in [1.165, 1.54) is 28.4 Å². The first-order valence-corrected chi connectivity index (χ1v) is 55.0. The van der Waals surface area contributed by atoms with Crippen molar-refractivity contribution in [2.45, 2.75) is 296 Å². The van der Waals surface area contributed by atoms with Gasteiger partial charge in [0.25, 0.3) is 0 Å². The largest absolute Gasteiger partial charge is 0.462 e. The number of ether oxygens (including phenoxy) is 28. The summed E-state index contributed by atoms with van der Waals surface area (Å²) in [5, 5.41) is -0.300. The van der Waals surface area contributed by atoms with Crippen molar-refractivity contribution >= 4 is 90.4 Å². The van der Waals surface area contributed by atoms with E-state index in [4.69, 9.17) is 183 Å². The number of esters is 4. The lowest BCUT2D eigenvalue weighted by atomic mass is 9.93. The number of fused-ring (bicyclic) bond motifs is 2. The zero-order chi connectivity index (χ0) is 104. The molecule has 0 spiro atoms. The molecule has 0 bridgehead atoms. The number of halogens is 4. The molecule has 7 aliphatic rings. The third-order valence-corrected chi connectivity index (χ3v) is 34.0. The van der Waals surface area contributed by atoms with Crippen molar-refractivity contribution in [1.82, 2.24) is 0 Å². The smallest absolute Gasteiger partial charge is 0.321 e. The molecule has 0 aromatic heterocycles. The minimum Gasteiger partial charge on any atom is -0.462 e. The van der Waals surface area contributed by atoms with Crippen LogP contribution in [0.1, 0.15) is 94.3 Å². The standard InChI is InChI=1S/C107H136Cl4O33SSi/c1-15-145-102-97(138-82(115)54-111)90(139-101-96-91(142-106(7,118-11)107(8,119-12)144-96)86(137-81(114)53-110)75(133-101)64-128-98-93(126-60-72-47-33-21-34-48-72)88(124-58-70-43-29-19-30-44-70)83(122-56-68-39-25-17-26-40-68)74(131-98)62-120-55-67-37-23-16-24-38-67)85(136-80(113)52-109)76(135-102)65-129-99-95(92-87(77(132-99)63-121-79(112)51-108)141-104(5,116-9)105(6,117-10)143-92)140-100-94(127-61-73-49-35-22-36-50-73)89(125-59-71-45-31-20-32-46-71)84(123-57-69-41-27-18-28-42-69)78(134-100)66-130-146(13,14)103(2,3)4/h16-50,74-78,83-102H,15,51-66H2,1-14H3/t74-,75-,76-,77-,78-,83+,84-,85-,86+,87-,88+,89+,90+,91+,92+,93-,94+,95+,96-,97+,98+,99+,100-,101-,102-,104+,105+,106-,107-/m1/s1. The molecule has 0 unspecified atom stereocenters. The summed E-state index contributed by atoms with van der Waals surface area (Å²) < 4.78 is 202. The van der Waals surface area contributed by atoms with E-state index in [0.29, 0.717) is 0 Å². The number of hydrogen-bond acceptors (Lipinski definition) is 34. The van der Waals surface area contributed by atoms with Gasteiger partial charge in [-0.2, -0.15) is 0 Å². The van der Waals surface area contributed by atoms with Crippen molar-refractivity contribution in [3.8, 4) is 0 Å². The molecular weight excluding hydrogens is 2020 g/mol. The number of methoxy groups -OCH3 is 4. The van der Waals surface area contributed by atoms with Crippen LogP contribution in [0.4, 0.5) is 0 Å². The maximum atomic E-state index is 14.8. The van der Waals surface area contributed by atoms with Gasteiger partial charge in [0.05, 0.1) is 72.7 Å². The lowest BCUT2D eigenvalue weighted by molar-refractivity contribution is -0.488. The average Bonchev–Trinajstić information content (AvgIpc) is 0.727. The Kier molecular flexibility index (Phi) is 42.5. The molecule has 7 fully saturated rings. The number of carbonyl (C=O) groups excluding carboxylic acids is 4. The molecule has 29 atom stereocenters. The highest BCUT2D eigenvalue weighted by atomic mass is 35.5. The Morgan fingerprint density at radius 3 is 1.04 bits per heavy atom. The van der Waals surface area contributed by atoms with Gasteiger partial charge in [-0.25, -0.2) is 0 Å². The van der Waals surface area contributed by atoms with Crippen LogP contribution >= 0.6 is 58.2 Å². The molecule has 7 saturated heterocycles. The van der Waals surface area contributed by atoms with Gasteiger partial charge in [0, 0.05) is 28.4 Å². The molecule has 14 rings (SSSR count). The maximum absolute atomic E-state index is 14.8. The first-order chi connectivity index (χ1) is 70.4. The van der Waals surface area contributed by atoms with Gasteiger partial charge in [0.2, 0.25) is 23.1 Å². The van der Waals surface area contributed by atoms with Crippen LogP contribution in [0.2, 0.25) is 18.1 Å². The summed E-state index contributed by atoms with van der Waals surface area (Å²) in [5.74, 6) is -13.7. The molecule has 7 aromatic carbocycles. The predicted molar refractivity (Wildman–Crippen MR) is 537 cm³/mol. The Labute approximate surface area is 878 Å². The fourth-order valence-electron chi connectivity index (χ4n) is 18.1. The fourth-order valence-corrected chi connectivity index (χ4v) is 20.3. The van der Waals surface area contributed by atoms with Gasteiger partial charge in [-0.15, -0.1) is 58.2 Å². The summed E-state index contributed by atoms with van der Waals surface area (Å²) in [5.41, 5.74) is 4.47. The number of benzene rings is 7. The van der Waals surface area contributed by atoms with Crippen LogP contribution in [0, 0.1) is 0 Å². The van der Waals surface area contributed by atoms with Crippen molar-refractivity contribution in [3.63, 3.8) is 0 Å². The Morgan fingerprint density at radius 1 is 0.322 bits per heavy atom. The van der Waals surface area contributed by atoms with Gasteiger partial charge in [-0.1, -0.05) is 240 Å². The first kappa shape index (κ1) is 115. The minimum absolute atomic E-state index is 0.00405. The second kappa shape index (κ2) is 54.1. The third-order valence-electron chi connectivity index (χ3n) is 27.5. The van der Waals surface area contributed by atoms with Gasteiger partial charge in [0.1, 0.15) is 139 Å². The van der Waals surface area contributed by atoms with Gasteiger partial charge >= 0.3 is 23.9 Å². The van der Waals surface area contributed by atoms with Crippen LogP contribution in [0.15, 0.2) is 212 Å². The highest BCUT2D eigenvalue weighted by Crippen LogP contribution is 2.50. The second-order valence-electron chi connectivity index (χ2n) is 38.2. The van der Waals surface area contributed by atoms with E-state index >= 15 is 0 Å². The van der Waals surface area contributed by atoms with E-state index in [2.05, 4.69) is 33.9 Å². The van der Waals surface area contributed by atoms with E-state index in [0.717, 1.165) is 50.7 Å². The monoisotopic (exact) mass is 2150 g/mol. The summed E-state index contributed by atoms with van der Waals surface area (Å²) in [6, 6.07) is 67.2. The molecular formula is C107H136Cl4O33SSi. The van der Waals surface area contributed by atoms with Gasteiger partial charge in [-0.3, -0.25) is 19.2 Å². The topological polar surface area (TPSA) is 336 Å². The Morgan fingerprint density at radius 2 is 0.637 bits per heavy atom. The SMILES string of the molecule is CCS[C@H]1O[C@H](CO[C@H]2O[C@H](COC(=O)CCl)[C@H]3O[C@](C)(OC)[C@@](C)(OC)O[C@@H]3[C@@H]2O[C@H]2O[C@H](CO[Si](C)(C)C(C)(C)C)[C@@H](OCc3ccccc3)[C@H](OCc3ccccc3)[C@@H]2OCc2ccccc2)[C@@H](OC(=O)CCl)[C@H](O[C@H]2O[C@H](CO[C@H]3O[C@H](COCc4ccccc4)[C@H](OCc4ccccc4)[C@H](OCc4ccccc4)[C@H]3OCc3ccccc3)[C@H](OC(=O)CCl)[C@@H]3O[C@@](C)(OC)[C@](C)(OC)O[C@@H]23)[C@@H]1OC(=O)CCl. The van der Waals surface area contributed by atoms with E-state index in [-0.39, 0.29) is 70.3 Å². The number of rotatable bonds is 50. The summed E-state index contributed by atoms with van der Waals surface area (Å²) in [4.78, 5) is 57.1. The van der Waals surface area contributed by atoms with Crippen LogP contribution < -0.4 is 0 Å². The lowest BCUT2D eigenvalue weighted by Crippen LogP contribution is -2.74. The first-order valence-electron chi connectivity index (χ1n) is 48.9. The zero-order valence-electron chi connectivity index (χ0n) is 84.6. The van der Waals surface area contributed by atoms with Crippen LogP contribution in [0.25, 0.3) is 0 Å². The normalized spacial score (nSPS) is 32.6. The lowest BCUT2D eigenvalue weighted by Gasteiger charge is -2.58. The van der Waals surface area contributed by atoms with Crippen molar-refractivity contribution in [1.29, 1.82) is 0 Å². The Balaban J connectivity index is 0.880. The van der Waals surface area contributed by atoms with Crippen molar-refractivity contribution < 1.29 is 156 Å². The number of carbonyl (C=O) groups is 4. The van der Waals surface area contributed by atoms with Crippen molar-refractivity contribution in [3.05, 3.63) is 251 Å². The number of hydrogen-bond donors (Lipinski definition) is 0. The molecule has 7 heterocycles. The predicted octanol–water partition coefficient (Wildman–Crippen LogP) is 15.2. The Hall–Kier alpha value is -6.85. The second-order valence-corrected chi connectivity index (χ2v) is 45.4. The summed E-state index contributed by atoms with van der Waals surface area (Å²) in [6.07, 6.45) is -34.0. The quantitative estimate of drug-likeness (QED) is 0.0148.